The molecule has 5 fully saturated rings. The SMILES string of the molecule is C=C(C)[C@H](NC(=O)O[C@@H]1C[C@@H]2C[C@@H]2C1)C(=O)N1C[C@H](Oc2cc(-c3csc(NC(C)C)n3)nc3c(Cl)c(OC[C@@H]4COCCN4C)ccc23)C[C@H]1C(=O)N[C@]1(C(=O)O)C[C@H]1CC. The van der Waals surface area contributed by atoms with Gasteiger partial charge in [-0.3, -0.25) is 14.5 Å². The average molecular weight is 894 g/mol. The number of likely N-dealkylation sites (N-methyl/N-ethyl adjacent to an activating group) is 1. The quantitative estimate of drug-likeness (QED) is 0.128. The number of thiazole rings is 1. The first-order chi connectivity index (χ1) is 29.6. The number of morpholine rings is 1. The van der Waals surface area contributed by atoms with Crippen molar-refractivity contribution in [2.75, 3.05) is 45.3 Å². The predicted molar refractivity (Wildman–Crippen MR) is 234 cm³/mol. The number of amides is 3. The molecule has 2 aliphatic heterocycles. The molecule has 0 radical (unpaired) electrons. The van der Waals surface area contributed by atoms with Gasteiger partial charge in [0.15, 0.2) is 5.13 Å². The fourth-order valence-corrected chi connectivity index (χ4v) is 10.2. The normalized spacial score (nSPS) is 28.2. The minimum absolute atomic E-state index is 0.0203. The number of aromatic nitrogens is 2. The number of ether oxygens (including phenoxy) is 4. The van der Waals surface area contributed by atoms with Crippen LogP contribution >= 0.6 is 22.9 Å². The maximum atomic E-state index is 14.6. The molecule has 3 aliphatic carbocycles. The Morgan fingerprint density at radius 3 is 2.55 bits per heavy atom. The van der Waals surface area contributed by atoms with Crippen LogP contribution in [0.25, 0.3) is 22.3 Å². The Hall–Kier alpha value is -4.71. The zero-order valence-corrected chi connectivity index (χ0v) is 37.4. The van der Waals surface area contributed by atoms with Gasteiger partial charge >= 0.3 is 12.1 Å². The van der Waals surface area contributed by atoms with E-state index in [0.717, 1.165) is 25.8 Å². The molecule has 5 aliphatic rings. The summed E-state index contributed by atoms with van der Waals surface area (Å²) in [7, 11) is 2.03. The maximum absolute atomic E-state index is 14.6. The number of aliphatic carboxylic acids is 1. The van der Waals surface area contributed by atoms with Crippen molar-refractivity contribution in [3.8, 4) is 22.9 Å². The van der Waals surface area contributed by atoms with Crippen molar-refractivity contribution in [2.24, 2.45) is 17.8 Å². The molecule has 0 unspecified atom stereocenters. The van der Waals surface area contributed by atoms with Gasteiger partial charge in [-0.05, 0) is 89.0 Å². The van der Waals surface area contributed by atoms with Gasteiger partial charge in [0.2, 0.25) is 11.8 Å². The summed E-state index contributed by atoms with van der Waals surface area (Å²) in [6.45, 7) is 13.8. The summed E-state index contributed by atoms with van der Waals surface area (Å²) in [5, 5.41) is 22.5. The molecule has 0 bridgehead atoms. The molecule has 2 aromatic heterocycles. The highest BCUT2D eigenvalue weighted by molar-refractivity contribution is 7.14. The highest BCUT2D eigenvalue weighted by atomic mass is 35.5. The fourth-order valence-electron chi connectivity index (χ4n) is 9.12. The molecule has 3 amide bonds. The number of carbonyl (C=O) groups is 4. The van der Waals surface area contributed by atoms with Gasteiger partial charge in [0.05, 0.1) is 37.0 Å². The van der Waals surface area contributed by atoms with E-state index < -0.39 is 47.6 Å². The molecule has 1 aromatic carbocycles. The van der Waals surface area contributed by atoms with Crippen LogP contribution < -0.4 is 25.4 Å². The smallest absolute Gasteiger partial charge is 0.408 e. The summed E-state index contributed by atoms with van der Waals surface area (Å²) in [5.74, 6) is -0.595. The van der Waals surface area contributed by atoms with Crippen LogP contribution in [0.15, 0.2) is 35.7 Å². The van der Waals surface area contributed by atoms with E-state index in [2.05, 4.69) is 27.4 Å². The molecule has 3 saturated carbocycles. The summed E-state index contributed by atoms with van der Waals surface area (Å²) < 4.78 is 24.4. The molecule has 62 heavy (non-hydrogen) atoms. The third-order valence-electron chi connectivity index (χ3n) is 12.9. The number of alkyl carbamates (subject to hydrolysis) is 1. The molecule has 16 nitrogen and oxygen atoms in total. The summed E-state index contributed by atoms with van der Waals surface area (Å²) in [5.41, 5.74) is 0.381. The van der Waals surface area contributed by atoms with Gasteiger partial charge < -0.3 is 44.9 Å². The number of halogens is 1. The van der Waals surface area contributed by atoms with Crippen LogP contribution in [0.1, 0.15) is 66.2 Å². The molecule has 4 heterocycles. The molecule has 2 saturated heterocycles. The first-order valence-corrected chi connectivity index (χ1v) is 22.8. The lowest BCUT2D eigenvalue weighted by Crippen LogP contribution is -2.56. The van der Waals surface area contributed by atoms with Crippen LogP contribution in [-0.2, 0) is 23.9 Å². The maximum Gasteiger partial charge on any atom is 0.408 e. The average Bonchev–Trinajstić information content (AvgIpc) is 3.90. The first-order valence-electron chi connectivity index (χ1n) is 21.6. The van der Waals surface area contributed by atoms with E-state index in [0.29, 0.717) is 82.6 Å². The molecule has 9 atom stereocenters. The Labute approximate surface area is 370 Å². The molecule has 4 N–H and O–H groups in total. The van der Waals surface area contributed by atoms with E-state index >= 15 is 0 Å². The second-order valence-electron chi connectivity index (χ2n) is 17.9. The number of fused-ring (bicyclic) bond motifs is 2. The molecule has 8 rings (SSSR count). The van der Waals surface area contributed by atoms with Gasteiger partial charge in [-0.15, -0.1) is 11.3 Å². The Morgan fingerprint density at radius 1 is 1.10 bits per heavy atom. The lowest BCUT2D eigenvalue weighted by Gasteiger charge is -2.32. The van der Waals surface area contributed by atoms with Crippen molar-refractivity contribution in [1.82, 2.24) is 30.4 Å². The lowest BCUT2D eigenvalue weighted by atomic mass is 10.1. The summed E-state index contributed by atoms with van der Waals surface area (Å²) in [4.78, 5) is 67.7. The number of hydrogen-bond donors (Lipinski definition) is 4. The minimum atomic E-state index is -1.43. The highest BCUT2D eigenvalue weighted by Crippen LogP contribution is 2.52. The van der Waals surface area contributed by atoms with E-state index in [4.69, 9.17) is 40.5 Å². The molecule has 334 valence electrons. The van der Waals surface area contributed by atoms with E-state index in [1.807, 2.05) is 39.3 Å². The highest BCUT2D eigenvalue weighted by Gasteiger charge is 2.61. The Bertz CT molecular complexity index is 2230. The van der Waals surface area contributed by atoms with Crippen LogP contribution in [-0.4, -0.2) is 131 Å². The Kier molecular flexibility index (Phi) is 12.6. The molecule has 0 spiro atoms. The minimum Gasteiger partial charge on any atom is -0.490 e. The Balaban J connectivity index is 1.09. The summed E-state index contributed by atoms with van der Waals surface area (Å²) in [6.07, 6.45) is 1.92. The number of carbonyl (C=O) groups excluding carboxylic acids is 3. The van der Waals surface area contributed by atoms with Crippen LogP contribution in [0.5, 0.6) is 11.5 Å². The van der Waals surface area contributed by atoms with Gasteiger partial charge in [-0.2, -0.15) is 0 Å². The first kappa shape index (κ1) is 43.9. The topological polar surface area (TPSA) is 194 Å². The van der Waals surface area contributed by atoms with Crippen molar-refractivity contribution in [2.45, 2.75) is 108 Å². The zero-order valence-electron chi connectivity index (χ0n) is 35.8. The Morgan fingerprint density at radius 2 is 1.87 bits per heavy atom. The number of likely N-dealkylation sites (tertiary alicyclic amines) is 1. The van der Waals surface area contributed by atoms with E-state index in [9.17, 15) is 24.3 Å². The van der Waals surface area contributed by atoms with E-state index in [1.165, 1.54) is 16.2 Å². The number of nitrogens with one attached hydrogen (secondary N) is 3. The van der Waals surface area contributed by atoms with Crippen molar-refractivity contribution >= 4 is 62.8 Å². The standard InChI is InChI=1S/C44H56ClN7O9S/c1-7-26-17-44(26,41(55)56)50-39(53)33-15-29(18-52(33)40(54)37(22(2)3)49-43(57)61-28-13-24-12-25(24)14-28)60-35-16-31(32-21-62-42(48-32)46-23(4)5)47-38-30(35)8-9-34(36(38)45)59-20-27-19-58-11-10-51(27)6/h8-9,16,21,23-29,33,37H,2,7,10-15,17-20H2,1,3-6H3,(H,46,48)(H,49,57)(H,50,53)(H,55,56)/t24-,25+,26-,27+,28+,29-,33+,37+,44-/m1/s1. The number of nitrogens with zero attached hydrogens (tertiary/aromatic N) is 4. The van der Waals surface area contributed by atoms with Crippen LogP contribution in [0.4, 0.5) is 9.93 Å². The van der Waals surface area contributed by atoms with Crippen LogP contribution in [0, 0.1) is 17.8 Å². The monoisotopic (exact) mass is 893 g/mol. The number of rotatable bonds is 16. The fraction of sp³-hybridized carbons (Fsp3) is 0.591. The molecule has 18 heteroatoms. The number of carboxylic acid groups (broad SMARTS) is 1. The third-order valence-corrected chi connectivity index (χ3v) is 14.1. The van der Waals surface area contributed by atoms with Gasteiger partial charge in [0.1, 0.15) is 58.7 Å². The summed E-state index contributed by atoms with van der Waals surface area (Å²) >= 11 is 8.54. The molecule has 3 aromatic rings. The number of pyridine rings is 1. The van der Waals surface area contributed by atoms with Crippen molar-refractivity contribution in [3.63, 3.8) is 0 Å². The van der Waals surface area contributed by atoms with Gasteiger partial charge in [-0.25, -0.2) is 19.6 Å². The van der Waals surface area contributed by atoms with E-state index in [-0.39, 0.29) is 48.5 Å². The molecular formula is C44H56ClN7O9S. The van der Waals surface area contributed by atoms with Crippen LogP contribution in [0.2, 0.25) is 5.02 Å². The molecular weight excluding hydrogens is 838 g/mol. The number of benzene rings is 1. The zero-order chi connectivity index (χ0) is 44.0. The predicted octanol–water partition coefficient (Wildman–Crippen LogP) is 5.73. The van der Waals surface area contributed by atoms with Crippen molar-refractivity contribution in [1.29, 1.82) is 0 Å². The lowest BCUT2D eigenvalue weighted by molar-refractivity contribution is -0.145. The number of anilines is 1. The third kappa shape index (κ3) is 9.17. The van der Waals surface area contributed by atoms with Gasteiger partial charge in [0, 0.05) is 35.8 Å². The van der Waals surface area contributed by atoms with Crippen LogP contribution in [0.3, 0.4) is 0 Å². The number of hydrogen-bond acceptors (Lipinski definition) is 13. The second kappa shape index (κ2) is 17.8. The van der Waals surface area contributed by atoms with E-state index in [1.54, 1.807) is 19.1 Å². The van der Waals surface area contributed by atoms with Crippen molar-refractivity contribution < 1.29 is 43.2 Å². The van der Waals surface area contributed by atoms with Crippen molar-refractivity contribution in [3.05, 3.63) is 40.8 Å². The largest absolute Gasteiger partial charge is 0.490 e. The van der Waals surface area contributed by atoms with Gasteiger partial charge in [-0.1, -0.05) is 31.5 Å². The summed E-state index contributed by atoms with van der Waals surface area (Å²) in [6, 6.07) is 3.18. The van der Waals surface area contributed by atoms with Gasteiger partial charge in [0.25, 0.3) is 0 Å². The second-order valence-corrected chi connectivity index (χ2v) is 19.1. The number of carboxylic acids is 1.